The van der Waals surface area contributed by atoms with Crippen LogP contribution >= 0.6 is 0 Å². The average Bonchev–Trinajstić information content (AvgIpc) is 2.82. The number of hydrogen-bond donors (Lipinski definition) is 1. The molecule has 1 aromatic carbocycles. The van der Waals surface area contributed by atoms with E-state index < -0.39 is 0 Å². The van der Waals surface area contributed by atoms with Crippen molar-refractivity contribution in [1.82, 2.24) is 19.7 Å². The summed E-state index contributed by atoms with van der Waals surface area (Å²) < 4.78 is 6.99. The first-order valence-electron chi connectivity index (χ1n) is 5.39. The standard InChI is InChI=1S/C12H11N5O/c1-18-10-4-2-3-9-8(10)7-15-17(9)11-5-6-14-12(13)16-11/h2-7H,1H3,(H2,13,14,16). The SMILES string of the molecule is COc1cccc2c1cnn2-c1ccnc(N)n1. The van der Waals surface area contributed by atoms with E-state index in [1.165, 1.54) is 0 Å². The van der Waals surface area contributed by atoms with Gasteiger partial charge in [0.2, 0.25) is 5.95 Å². The number of fused-ring (bicyclic) bond motifs is 1. The van der Waals surface area contributed by atoms with Gasteiger partial charge in [-0.15, -0.1) is 0 Å². The number of nitrogen functional groups attached to an aromatic ring is 1. The van der Waals surface area contributed by atoms with Gasteiger partial charge in [0.15, 0.2) is 5.82 Å². The molecule has 3 aromatic rings. The van der Waals surface area contributed by atoms with Crippen LogP contribution < -0.4 is 10.5 Å². The van der Waals surface area contributed by atoms with Gasteiger partial charge in [0, 0.05) is 12.3 Å². The maximum absolute atomic E-state index is 5.58. The van der Waals surface area contributed by atoms with Crippen LogP contribution in [0.25, 0.3) is 16.7 Å². The van der Waals surface area contributed by atoms with Crippen molar-refractivity contribution < 1.29 is 4.74 Å². The Morgan fingerprint density at radius 2 is 2.17 bits per heavy atom. The minimum absolute atomic E-state index is 0.221. The number of rotatable bonds is 2. The molecule has 0 spiro atoms. The van der Waals surface area contributed by atoms with E-state index in [1.54, 1.807) is 30.3 Å². The van der Waals surface area contributed by atoms with Gasteiger partial charge in [-0.2, -0.15) is 10.1 Å². The lowest BCUT2D eigenvalue weighted by molar-refractivity contribution is 0.420. The van der Waals surface area contributed by atoms with E-state index in [0.717, 1.165) is 16.7 Å². The van der Waals surface area contributed by atoms with Crippen molar-refractivity contribution >= 4 is 16.9 Å². The Hall–Kier alpha value is -2.63. The van der Waals surface area contributed by atoms with Crippen LogP contribution in [-0.4, -0.2) is 26.9 Å². The van der Waals surface area contributed by atoms with Crippen LogP contribution in [0.1, 0.15) is 0 Å². The lowest BCUT2D eigenvalue weighted by atomic mass is 10.2. The van der Waals surface area contributed by atoms with Crippen LogP contribution in [-0.2, 0) is 0 Å². The molecule has 0 fully saturated rings. The van der Waals surface area contributed by atoms with E-state index in [2.05, 4.69) is 15.1 Å². The molecule has 2 aromatic heterocycles. The molecule has 2 N–H and O–H groups in total. The Kier molecular flexibility index (Phi) is 2.33. The highest BCUT2D eigenvalue weighted by Gasteiger charge is 2.09. The van der Waals surface area contributed by atoms with E-state index in [-0.39, 0.29) is 5.95 Å². The largest absolute Gasteiger partial charge is 0.496 e. The second-order valence-corrected chi connectivity index (χ2v) is 3.72. The van der Waals surface area contributed by atoms with Gasteiger partial charge in [-0.05, 0) is 12.1 Å². The van der Waals surface area contributed by atoms with Crippen molar-refractivity contribution in [1.29, 1.82) is 0 Å². The van der Waals surface area contributed by atoms with Crippen LogP contribution in [0.3, 0.4) is 0 Å². The van der Waals surface area contributed by atoms with Gasteiger partial charge in [0.1, 0.15) is 5.75 Å². The van der Waals surface area contributed by atoms with Gasteiger partial charge in [0.05, 0.1) is 24.2 Å². The van der Waals surface area contributed by atoms with E-state index in [9.17, 15) is 0 Å². The fraction of sp³-hybridized carbons (Fsp3) is 0.0833. The molecule has 0 saturated carbocycles. The molecule has 0 aliphatic heterocycles. The summed E-state index contributed by atoms with van der Waals surface area (Å²) in [5.41, 5.74) is 6.49. The summed E-state index contributed by atoms with van der Waals surface area (Å²) in [4.78, 5) is 8.01. The molecule has 0 aliphatic rings. The monoisotopic (exact) mass is 241 g/mol. The number of nitrogens with zero attached hydrogens (tertiary/aromatic N) is 4. The van der Waals surface area contributed by atoms with Gasteiger partial charge < -0.3 is 10.5 Å². The number of methoxy groups -OCH3 is 1. The summed E-state index contributed by atoms with van der Waals surface area (Å²) in [6.07, 6.45) is 3.35. The summed E-state index contributed by atoms with van der Waals surface area (Å²) in [5.74, 6) is 1.63. The van der Waals surface area contributed by atoms with E-state index >= 15 is 0 Å². The summed E-state index contributed by atoms with van der Waals surface area (Å²) >= 11 is 0. The van der Waals surface area contributed by atoms with Crippen LogP contribution in [0.5, 0.6) is 5.75 Å². The predicted octanol–water partition coefficient (Wildman–Crippen LogP) is 1.41. The number of anilines is 1. The minimum atomic E-state index is 0.221. The van der Waals surface area contributed by atoms with Gasteiger partial charge in [-0.25, -0.2) is 9.67 Å². The molecule has 0 bridgehead atoms. The molecular weight excluding hydrogens is 230 g/mol. The molecule has 2 heterocycles. The van der Waals surface area contributed by atoms with Crippen molar-refractivity contribution in [2.75, 3.05) is 12.8 Å². The van der Waals surface area contributed by atoms with Gasteiger partial charge in [-0.1, -0.05) is 6.07 Å². The van der Waals surface area contributed by atoms with E-state index in [0.29, 0.717) is 5.82 Å². The predicted molar refractivity (Wildman–Crippen MR) is 67.6 cm³/mol. The fourth-order valence-corrected chi connectivity index (χ4v) is 1.87. The summed E-state index contributed by atoms with van der Waals surface area (Å²) in [6, 6.07) is 7.50. The Bertz CT molecular complexity index is 707. The maximum Gasteiger partial charge on any atom is 0.221 e. The molecule has 0 radical (unpaired) electrons. The highest BCUT2D eigenvalue weighted by Crippen LogP contribution is 2.26. The molecule has 3 rings (SSSR count). The Morgan fingerprint density at radius 1 is 1.28 bits per heavy atom. The number of aromatic nitrogens is 4. The van der Waals surface area contributed by atoms with Crippen molar-refractivity contribution in [3.05, 3.63) is 36.7 Å². The molecule has 0 saturated heterocycles. The van der Waals surface area contributed by atoms with Crippen molar-refractivity contribution in [3.63, 3.8) is 0 Å². The summed E-state index contributed by atoms with van der Waals surface area (Å²) in [5, 5.41) is 5.23. The minimum Gasteiger partial charge on any atom is -0.496 e. The zero-order valence-electron chi connectivity index (χ0n) is 9.74. The second kappa shape index (κ2) is 3.99. The topological polar surface area (TPSA) is 78.8 Å². The summed E-state index contributed by atoms with van der Waals surface area (Å²) in [6.45, 7) is 0. The number of ether oxygens (including phenoxy) is 1. The highest BCUT2D eigenvalue weighted by atomic mass is 16.5. The van der Waals surface area contributed by atoms with Gasteiger partial charge in [-0.3, -0.25) is 0 Å². The lowest BCUT2D eigenvalue weighted by Gasteiger charge is -2.04. The van der Waals surface area contributed by atoms with E-state index in [1.807, 2.05) is 18.2 Å². The molecule has 0 aliphatic carbocycles. The van der Waals surface area contributed by atoms with Crippen molar-refractivity contribution in [3.8, 4) is 11.6 Å². The van der Waals surface area contributed by atoms with E-state index in [4.69, 9.17) is 10.5 Å². The molecule has 6 heteroatoms. The molecule has 18 heavy (non-hydrogen) atoms. The first-order chi connectivity index (χ1) is 8.79. The second-order valence-electron chi connectivity index (χ2n) is 3.72. The normalized spacial score (nSPS) is 10.7. The summed E-state index contributed by atoms with van der Waals surface area (Å²) in [7, 11) is 1.63. The van der Waals surface area contributed by atoms with Gasteiger partial charge in [0.25, 0.3) is 0 Å². The molecule has 0 atom stereocenters. The van der Waals surface area contributed by atoms with Crippen LogP contribution in [0, 0.1) is 0 Å². The molecular formula is C12H11N5O. The first-order valence-corrected chi connectivity index (χ1v) is 5.39. The Morgan fingerprint density at radius 3 is 2.94 bits per heavy atom. The van der Waals surface area contributed by atoms with Crippen LogP contribution in [0.2, 0.25) is 0 Å². The Balaban J connectivity index is 2.25. The maximum atomic E-state index is 5.58. The Labute approximate surface area is 103 Å². The zero-order valence-corrected chi connectivity index (χ0v) is 9.74. The molecule has 90 valence electrons. The highest BCUT2D eigenvalue weighted by molar-refractivity contribution is 5.86. The smallest absolute Gasteiger partial charge is 0.221 e. The zero-order chi connectivity index (χ0) is 12.5. The quantitative estimate of drug-likeness (QED) is 0.733. The molecule has 6 nitrogen and oxygen atoms in total. The number of hydrogen-bond acceptors (Lipinski definition) is 5. The van der Waals surface area contributed by atoms with Crippen molar-refractivity contribution in [2.24, 2.45) is 0 Å². The number of benzene rings is 1. The van der Waals surface area contributed by atoms with Gasteiger partial charge >= 0.3 is 0 Å². The molecule has 0 unspecified atom stereocenters. The third-order valence-corrected chi connectivity index (χ3v) is 2.67. The average molecular weight is 241 g/mol. The third-order valence-electron chi connectivity index (χ3n) is 2.67. The van der Waals surface area contributed by atoms with Crippen LogP contribution in [0.15, 0.2) is 36.7 Å². The first kappa shape index (κ1) is 10.5. The lowest BCUT2D eigenvalue weighted by Crippen LogP contribution is -2.03. The third kappa shape index (κ3) is 1.55. The number of nitrogens with two attached hydrogens (primary N) is 1. The fourth-order valence-electron chi connectivity index (χ4n) is 1.87. The van der Waals surface area contributed by atoms with Crippen molar-refractivity contribution in [2.45, 2.75) is 0 Å². The molecule has 0 amide bonds. The van der Waals surface area contributed by atoms with Crippen LogP contribution in [0.4, 0.5) is 5.95 Å².